The van der Waals surface area contributed by atoms with Crippen LogP contribution in [-0.4, -0.2) is 24.7 Å². The van der Waals surface area contributed by atoms with Crippen LogP contribution in [0.5, 0.6) is 0 Å². The van der Waals surface area contributed by atoms with Gasteiger partial charge in [-0.3, -0.25) is 4.79 Å². The Labute approximate surface area is 154 Å². The lowest BCUT2D eigenvalue weighted by Gasteiger charge is -2.10. The van der Waals surface area contributed by atoms with Gasteiger partial charge in [0.2, 0.25) is 10.0 Å². The Kier molecular flexibility index (Phi) is 5.43. The zero-order valence-electron chi connectivity index (χ0n) is 14.0. The van der Waals surface area contributed by atoms with Crippen molar-refractivity contribution < 1.29 is 17.2 Å². The lowest BCUT2D eigenvalue weighted by Crippen LogP contribution is -2.32. The molecule has 1 heterocycles. The fraction of sp³-hybridized carbons (Fsp3) is 0.111. The minimum atomic E-state index is -4.27. The Balaban J connectivity index is 1.75. The van der Waals surface area contributed by atoms with Crippen LogP contribution in [0.4, 0.5) is 8.78 Å². The van der Waals surface area contributed by atoms with Crippen LogP contribution in [-0.2, 0) is 16.6 Å². The molecule has 3 rings (SSSR count). The molecule has 2 aromatic carbocycles. The predicted octanol–water partition coefficient (Wildman–Crippen LogP) is 2.17. The molecule has 6 nitrogen and oxygen atoms in total. The fourth-order valence-electron chi connectivity index (χ4n) is 2.42. The molecule has 0 fully saturated rings. The zero-order valence-corrected chi connectivity index (χ0v) is 14.8. The second-order valence-corrected chi connectivity index (χ2v) is 7.35. The largest absolute Gasteiger partial charge is 0.268 e. The van der Waals surface area contributed by atoms with E-state index >= 15 is 0 Å². The zero-order chi connectivity index (χ0) is 19.4. The number of rotatable bonds is 6. The number of aromatic nitrogens is 2. The first kappa shape index (κ1) is 18.9. The van der Waals surface area contributed by atoms with Crippen molar-refractivity contribution in [1.82, 2.24) is 14.5 Å². The highest BCUT2D eigenvalue weighted by Gasteiger charge is 2.19. The van der Waals surface area contributed by atoms with Crippen LogP contribution in [0.1, 0.15) is 0 Å². The summed E-state index contributed by atoms with van der Waals surface area (Å²) in [7, 11) is -4.27. The highest BCUT2D eigenvalue weighted by molar-refractivity contribution is 7.89. The van der Waals surface area contributed by atoms with Crippen LogP contribution in [0.15, 0.2) is 70.4 Å². The summed E-state index contributed by atoms with van der Waals surface area (Å²) in [5.74, 6) is -1.93. The predicted molar refractivity (Wildman–Crippen MR) is 95.5 cm³/mol. The summed E-state index contributed by atoms with van der Waals surface area (Å²) in [6.45, 7) is -0.293. The molecule has 0 spiro atoms. The summed E-state index contributed by atoms with van der Waals surface area (Å²) in [4.78, 5) is 11.1. The summed E-state index contributed by atoms with van der Waals surface area (Å²) in [6.07, 6.45) is 0. The van der Waals surface area contributed by atoms with Crippen molar-refractivity contribution in [2.75, 3.05) is 6.54 Å². The van der Waals surface area contributed by atoms with Crippen molar-refractivity contribution in [3.05, 3.63) is 82.7 Å². The summed E-state index contributed by atoms with van der Waals surface area (Å²) in [5, 5.41) is 4.20. The van der Waals surface area contributed by atoms with Gasteiger partial charge in [0.1, 0.15) is 16.5 Å². The molecule has 0 bridgehead atoms. The van der Waals surface area contributed by atoms with Crippen LogP contribution in [0.25, 0.3) is 11.3 Å². The number of nitrogens with one attached hydrogen (secondary N) is 1. The fourth-order valence-corrected chi connectivity index (χ4v) is 3.53. The minimum Gasteiger partial charge on any atom is -0.268 e. The number of nitrogens with zero attached hydrogens (tertiary/aromatic N) is 2. The topological polar surface area (TPSA) is 81.1 Å². The number of hydrogen-bond donors (Lipinski definition) is 1. The quantitative estimate of drug-likeness (QED) is 0.698. The van der Waals surface area contributed by atoms with E-state index in [1.807, 2.05) is 30.3 Å². The van der Waals surface area contributed by atoms with Crippen molar-refractivity contribution in [2.24, 2.45) is 0 Å². The molecule has 1 N–H and O–H groups in total. The second kappa shape index (κ2) is 7.77. The third-order valence-corrected chi connectivity index (χ3v) is 5.21. The first-order valence-electron chi connectivity index (χ1n) is 7.95. The highest BCUT2D eigenvalue weighted by atomic mass is 32.2. The van der Waals surface area contributed by atoms with Crippen molar-refractivity contribution in [3.8, 4) is 11.3 Å². The van der Waals surface area contributed by atoms with Gasteiger partial charge in [0.15, 0.2) is 0 Å². The first-order chi connectivity index (χ1) is 12.9. The van der Waals surface area contributed by atoms with E-state index in [-0.39, 0.29) is 13.1 Å². The number of hydrogen-bond acceptors (Lipinski definition) is 4. The SMILES string of the molecule is O=c1ccc(-c2ccccc2)nn1CCNS(=O)(=O)c1cc(F)ccc1F. The van der Waals surface area contributed by atoms with Crippen molar-refractivity contribution in [3.63, 3.8) is 0 Å². The lowest BCUT2D eigenvalue weighted by molar-refractivity contribution is 0.532. The summed E-state index contributed by atoms with van der Waals surface area (Å²) in [5.41, 5.74) is 0.939. The second-order valence-electron chi connectivity index (χ2n) is 5.62. The molecule has 0 saturated carbocycles. The molecule has 0 aliphatic carbocycles. The standard InChI is InChI=1S/C18H15F2N3O3S/c19-14-6-7-15(20)17(12-14)27(25,26)21-10-11-23-18(24)9-8-16(22-23)13-4-2-1-3-5-13/h1-9,12,21H,10-11H2. The van der Waals surface area contributed by atoms with E-state index in [0.29, 0.717) is 11.8 Å². The van der Waals surface area contributed by atoms with Gasteiger partial charge in [-0.25, -0.2) is 26.6 Å². The molecule has 1 aromatic heterocycles. The van der Waals surface area contributed by atoms with Crippen molar-refractivity contribution in [1.29, 1.82) is 0 Å². The molecule has 0 aliphatic heterocycles. The first-order valence-corrected chi connectivity index (χ1v) is 9.43. The average Bonchev–Trinajstić information content (AvgIpc) is 2.66. The maximum absolute atomic E-state index is 13.7. The number of sulfonamides is 1. The van der Waals surface area contributed by atoms with Crippen LogP contribution in [0.2, 0.25) is 0 Å². The van der Waals surface area contributed by atoms with E-state index < -0.39 is 32.1 Å². The van der Waals surface area contributed by atoms with Crippen molar-refractivity contribution >= 4 is 10.0 Å². The normalized spacial score (nSPS) is 11.5. The van der Waals surface area contributed by atoms with E-state index in [1.54, 1.807) is 6.07 Å². The minimum absolute atomic E-state index is 0.0737. The third kappa shape index (κ3) is 4.44. The maximum atomic E-state index is 13.7. The van der Waals surface area contributed by atoms with E-state index in [0.717, 1.165) is 22.4 Å². The number of halogens is 2. The smallest absolute Gasteiger partial charge is 0.266 e. The van der Waals surface area contributed by atoms with Gasteiger partial charge in [-0.15, -0.1) is 0 Å². The van der Waals surface area contributed by atoms with E-state index in [1.165, 1.54) is 6.07 Å². The molecule has 9 heteroatoms. The molecule has 0 saturated heterocycles. The Bertz CT molecular complexity index is 1120. The van der Waals surface area contributed by atoms with Crippen LogP contribution in [0, 0.1) is 11.6 Å². The molecular weight excluding hydrogens is 376 g/mol. The number of benzene rings is 2. The van der Waals surface area contributed by atoms with Gasteiger partial charge in [0.25, 0.3) is 5.56 Å². The molecule has 27 heavy (non-hydrogen) atoms. The van der Waals surface area contributed by atoms with E-state index in [4.69, 9.17) is 0 Å². The van der Waals surface area contributed by atoms with Gasteiger partial charge in [-0.1, -0.05) is 30.3 Å². The summed E-state index contributed by atoms with van der Waals surface area (Å²) < 4.78 is 54.4. The average molecular weight is 391 g/mol. The lowest BCUT2D eigenvalue weighted by atomic mass is 10.1. The van der Waals surface area contributed by atoms with Gasteiger partial charge in [0.05, 0.1) is 12.2 Å². The molecule has 0 radical (unpaired) electrons. The van der Waals surface area contributed by atoms with Crippen molar-refractivity contribution in [2.45, 2.75) is 11.4 Å². The molecule has 3 aromatic rings. The maximum Gasteiger partial charge on any atom is 0.266 e. The summed E-state index contributed by atoms with van der Waals surface area (Å²) in [6, 6.07) is 14.2. The van der Waals surface area contributed by atoms with E-state index in [2.05, 4.69) is 9.82 Å². The molecule has 0 atom stereocenters. The van der Waals surface area contributed by atoms with Crippen LogP contribution < -0.4 is 10.3 Å². The Morgan fingerprint density at radius 3 is 2.48 bits per heavy atom. The highest BCUT2D eigenvalue weighted by Crippen LogP contribution is 2.16. The monoisotopic (exact) mass is 391 g/mol. The van der Waals surface area contributed by atoms with Crippen LogP contribution >= 0.6 is 0 Å². The van der Waals surface area contributed by atoms with Gasteiger partial charge in [-0.05, 0) is 24.3 Å². The van der Waals surface area contributed by atoms with Gasteiger partial charge in [0, 0.05) is 18.2 Å². The van der Waals surface area contributed by atoms with Crippen LogP contribution in [0.3, 0.4) is 0 Å². The van der Waals surface area contributed by atoms with Gasteiger partial charge < -0.3 is 0 Å². The van der Waals surface area contributed by atoms with E-state index in [9.17, 15) is 22.0 Å². The molecule has 0 aliphatic rings. The molecule has 140 valence electrons. The summed E-state index contributed by atoms with van der Waals surface area (Å²) >= 11 is 0. The van der Waals surface area contributed by atoms with Gasteiger partial charge >= 0.3 is 0 Å². The molecule has 0 amide bonds. The Morgan fingerprint density at radius 1 is 1.00 bits per heavy atom. The molecular formula is C18H15F2N3O3S. The van der Waals surface area contributed by atoms with Gasteiger partial charge in [-0.2, -0.15) is 5.10 Å². The molecule has 0 unspecified atom stereocenters. The Morgan fingerprint density at radius 2 is 1.74 bits per heavy atom. The third-order valence-electron chi connectivity index (χ3n) is 3.73. The Hall–Kier alpha value is -2.91.